The van der Waals surface area contributed by atoms with E-state index in [0.717, 1.165) is 25.9 Å². The summed E-state index contributed by atoms with van der Waals surface area (Å²) < 4.78 is 10.1. The third-order valence-electron chi connectivity index (χ3n) is 3.04. The number of likely N-dealkylation sites (tertiary alicyclic amines) is 1. The van der Waals surface area contributed by atoms with Crippen molar-refractivity contribution in [2.24, 2.45) is 0 Å². The number of carbonyl (C=O) groups excluding carboxylic acids is 1. The Morgan fingerprint density at radius 1 is 1.47 bits per heavy atom. The van der Waals surface area contributed by atoms with Crippen molar-refractivity contribution in [3.05, 3.63) is 0 Å². The molecule has 100 valence electrons. The summed E-state index contributed by atoms with van der Waals surface area (Å²) in [5.74, 6) is -0.327. The maximum atomic E-state index is 11.2. The highest BCUT2D eigenvalue weighted by Gasteiger charge is 2.21. The second-order valence-electron chi connectivity index (χ2n) is 4.40. The van der Waals surface area contributed by atoms with E-state index in [4.69, 9.17) is 9.47 Å². The highest BCUT2D eigenvalue weighted by molar-refractivity contribution is 5.69. The number of aliphatic hydroxyl groups is 1. The Labute approximate surface area is 103 Å². The van der Waals surface area contributed by atoms with Crippen LogP contribution >= 0.6 is 0 Å². The molecule has 0 aromatic heterocycles. The van der Waals surface area contributed by atoms with Crippen LogP contribution in [0.25, 0.3) is 0 Å². The predicted molar refractivity (Wildman–Crippen MR) is 63.7 cm³/mol. The van der Waals surface area contributed by atoms with Gasteiger partial charge < -0.3 is 19.5 Å². The van der Waals surface area contributed by atoms with Crippen LogP contribution in [0.1, 0.15) is 26.2 Å². The van der Waals surface area contributed by atoms with Gasteiger partial charge in [0.2, 0.25) is 0 Å². The highest BCUT2D eigenvalue weighted by Crippen LogP contribution is 2.13. The fourth-order valence-corrected chi connectivity index (χ4v) is 2.10. The topological polar surface area (TPSA) is 59.0 Å². The number of aliphatic hydroxyl groups excluding tert-OH is 1. The minimum absolute atomic E-state index is 0.0814. The zero-order valence-electron chi connectivity index (χ0n) is 10.7. The fraction of sp³-hybridized carbons (Fsp3) is 0.917. The van der Waals surface area contributed by atoms with Crippen LogP contribution in [0.5, 0.6) is 0 Å². The van der Waals surface area contributed by atoms with Crippen molar-refractivity contribution in [1.29, 1.82) is 0 Å². The number of nitrogens with zero attached hydrogens (tertiary/aromatic N) is 1. The molecule has 0 aromatic rings. The van der Waals surface area contributed by atoms with Crippen LogP contribution < -0.4 is 0 Å². The average Bonchev–Trinajstić information content (AvgIpc) is 2.30. The first-order chi connectivity index (χ1) is 8.15. The maximum absolute atomic E-state index is 11.2. The molecule has 5 heteroatoms. The molecular weight excluding hydrogens is 222 g/mol. The zero-order chi connectivity index (χ0) is 12.7. The monoisotopic (exact) mass is 245 g/mol. The van der Waals surface area contributed by atoms with Crippen LogP contribution in [-0.2, 0) is 14.3 Å². The Bertz CT molecular complexity index is 227. The van der Waals surface area contributed by atoms with Crippen LogP contribution in [0, 0.1) is 0 Å². The van der Waals surface area contributed by atoms with Gasteiger partial charge in [0.1, 0.15) is 0 Å². The number of hydrogen-bond donors (Lipinski definition) is 1. The van der Waals surface area contributed by atoms with Crippen LogP contribution in [0.15, 0.2) is 0 Å². The Hall–Kier alpha value is -0.650. The van der Waals surface area contributed by atoms with Gasteiger partial charge in [0, 0.05) is 26.7 Å². The number of rotatable bonds is 6. The van der Waals surface area contributed by atoms with E-state index in [9.17, 15) is 9.90 Å². The molecule has 0 aliphatic carbocycles. The lowest BCUT2D eigenvalue weighted by Crippen LogP contribution is -2.41. The third kappa shape index (κ3) is 5.48. The number of ether oxygens (including phenoxy) is 2. The molecule has 1 aliphatic heterocycles. The molecular formula is C12H23NO4. The van der Waals surface area contributed by atoms with Gasteiger partial charge in [-0.25, -0.2) is 0 Å². The lowest BCUT2D eigenvalue weighted by atomic mass is 10.1. The molecule has 1 saturated heterocycles. The Kier molecular flexibility index (Phi) is 6.47. The van der Waals surface area contributed by atoms with Gasteiger partial charge in [0.25, 0.3) is 0 Å². The minimum atomic E-state index is -0.631. The summed E-state index contributed by atoms with van der Waals surface area (Å²) in [5.41, 5.74) is 0. The molecule has 0 spiro atoms. The standard InChI is InChI=1S/C12H23NO4/c1-3-17-12(15)8-10(14)9-13-6-4-11(16-2)5-7-13/h10-11,14H,3-9H2,1-2H3. The smallest absolute Gasteiger partial charge is 0.308 e. The van der Waals surface area contributed by atoms with E-state index in [2.05, 4.69) is 4.90 Å². The number of carbonyl (C=O) groups is 1. The molecule has 1 fully saturated rings. The van der Waals surface area contributed by atoms with Gasteiger partial charge >= 0.3 is 5.97 Å². The van der Waals surface area contributed by atoms with Crippen molar-refractivity contribution in [3.63, 3.8) is 0 Å². The Morgan fingerprint density at radius 3 is 2.65 bits per heavy atom. The molecule has 5 nitrogen and oxygen atoms in total. The Morgan fingerprint density at radius 2 is 2.12 bits per heavy atom. The van der Waals surface area contributed by atoms with E-state index in [-0.39, 0.29) is 12.4 Å². The summed E-state index contributed by atoms with van der Waals surface area (Å²) in [7, 11) is 1.73. The van der Waals surface area contributed by atoms with Gasteiger partial charge in [-0.2, -0.15) is 0 Å². The highest BCUT2D eigenvalue weighted by atomic mass is 16.5. The van der Waals surface area contributed by atoms with Gasteiger partial charge in [0.05, 0.1) is 25.2 Å². The lowest BCUT2D eigenvalue weighted by Gasteiger charge is -2.32. The van der Waals surface area contributed by atoms with Gasteiger partial charge in [-0.1, -0.05) is 0 Å². The van der Waals surface area contributed by atoms with Crippen molar-refractivity contribution >= 4 is 5.97 Å². The van der Waals surface area contributed by atoms with E-state index < -0.39 is 6.10 Å². The molecule has 1 unspecified atom stereocenters. The second-order valence-corrected chi connectivity index (χ2v) is 4.40. The summed E-state index contributed by atoms with van der Waals surface area (Å²) in [6.07, 6.45) is 1.77. The summed E-state index contributed by atoms with van der Waals surface area (Å²) in [4.78, 5) is 13.3. The Balaban J connectivity index is 2.18. The molecule has 17 heavy (non-hydrogen) atoms. The first-order valence-corrected chi connectivity index (χ1v) is 6.24. The van der Waals surface area contributed by atoms with Gasteiger partial charge in [-0.05, 0) is 19.8 Å². The van der Waals surface area contributed by atoms with Gasteiger partial charge in [0.15, 0.2) is 0 Å². The van der Waals surface area contributed by atoms with Crippen LogP contribution in [0.2, 0.25) is 0 Å². The van der Waals surface area contributed by atoms with Crippen molar-refractivity contribution in [2.75, 3.05) is 33.4 Å². The second kappa shape index (κ2) is 7.63. The van der Waals surface area contributed by atoms with Crippen molar-refractivity contribution in [2.45, 2.75) is 38.4 Å². The first kappa shape index (κ1) is 14.4. The molecule has 0 bridgehead atoms. The van der Waals surface area contributed by atoms with Crippen LogP contribution in [-0.4, -0.2) is 61.5 Å². The molecule has 0 aromatic carbocycles. The quantitative estimate of drug-likeness (QED) is 0.687. The number of methoxy groups -OCH3 is 1. The summed E-state index contributed by atoms with van der Waals surface area (Å²) >= 11 is 0. The fourth-order valence-electron chi connectivity index (χ4n) is 2.10. The van der Waals surface area contributed by atoms with Crippen molar-refractivity contribution in [3.8, 4) is 0 Å². The van der Waals surface area contributed by atoms with E-state index in [1.165, 1.54) is 0 Å². The van der Waals surface area contributed by atoms with Crippen LogP contribution in [0.3, 0.4) is 0 Å². The molecule has 0 amide bonds. The molecule has 1 aliphatic rings. The SMILES string of the molecule is CCOC(=O)CC(O)CN1CCC(OC)CC1. The number of β-amino-alcohol motifs (C(OH)–C–C–N with tert-alkyl or cyclic N) is 1. The summed E-state index contributed by atoms with van der Waals surface area (Å²) in [5, 5.41) is 9.75. The molecule has 1 heterocycles. The number of piperidine rings is 1. The van der Waals surface area contributed by atoms with E-state index in [1.54, 1.807) is 14.0 Å². The molecule has 1 N–H and O–H groups in total. The van der Waals surface area contributed by atoms with Crippen molar-refractivity contribution in [1.82, 2.24) is 4.90 Å². The number of esters is 1. The molecule has 0 saturated carbocycles. The minimum Gasteiger partial charge on any atom is -0.466 e. The van der Waals surface area contributed by atoms with E-state index in [1.807, 2.05) is 0 Å². The van der Waals surface area contributed by atoms with Gasteiger partial charge in [-0.15, -0.1) is 0 Å². The van der Waals surface area contributed by atoms with Gasteiger partial charge in [-0.3, -0.25) is 4.79 Å². The lowest BCUT2D eigenvalue weighted by molar-refractivity contribution is -0.145. The molecule has 0 radical (unpaired) electrons. The maximum Gasteiger partial charge on any atom is 0.308 e. The predicted octanol–water partition coefficient (Wildman–Crippen LogP) is 0.411. The normalized spacial score (nSPS) is 20.2. The van der Waals surface area contributed by atoms with Crippen LogP contribution in [0.4, 0.5) is 0 Å². The first-order valence-electron chi connectivity index (χ1n) is 6.24. The zero-order valence-corrected chi connectivity index (χ0v) is 10.7. The molecule has 1 rings (SSSR count). The van der Waals surface area contributed by atoms with Crippen molar-refractivity contribution < 1.29 is 19.4 Å². The third-order valence-corrected chi connectivity index (χ3v) is 3.04. The largest absolute Gasteiger partial charge is 0.466 e. The average molecular weight is 245 g/mol. The summed E-state index contributed by atoms with van der Waals surface area (Å²) in [6.45, 7) is 4.50. The van der Waals surface area contributed by atoms with E-state index >= 15 is 0 Å². The number of hydrogen-bond acceptors (Lipinski definition) is 5. The summed E-state index contributed by atoms with van der Waals surface area (Å²) in [6, 6.07) is 0. The van der Waals surface area contributed by atoms with E-state index in [0.29, 0.717) is 19.3 Å². The molecule has 1 atom stereocenters.